The van der Waals surface area contributed by atoms with Gasteiger partial charge in [0.1, 0.15) is 17.5 Å². The molecule has 0 N–H and O–H groups in total. The maximum absolute atomic E-state index is 14.3. The topological polar surface area (TPSA) is 19.4 Å². The number of rotatable bonds is 3. The van der Waals surface area contributed by atoms with Gasteiger partial charge in [-0.05, 0) is 35.1 Å². The standard InChI is InChI=1S/C25H24FN3S/c1-8-19-23-15(3)21(30-20-12-10-9-11-18(20)26)13-14(2)22(23)24-16(4)28(6)17(5)29(7)25(24)27-19/h9-13H,2-5,8H2,1,6-7H3. The summed E-state index contributed by atoms with van der Waals surface area (Å²) in [7, 11) is 3.90. The summed E-state index contributed by atoms with van der Waals surface area (Å²) in [6.07, 6.45) is 0.738. The molecule has 5 heteroatoms. The van der Waals surface area contributed by atoms with Gasteiger partial charge in [0.05, 0.1) is 5.69 Å². The first kappa shape index (κ1) is 20.2. The van der Waals surface area contributed by atoms with Crippen molar-refractivity contribution in [3.8, 4) is 0 Å². The highest BCUT2D eigenvalue weighted by atomic mass is 32.2. The molecular formula is C25H24FN3S. The molecule has 0 amide bonds. The van der Waals surface area contributed by atoms with Crippen molar-refractivity contribution in [3.05, 3.63) is 76.8 Å². The van der Waals surface area contributed by atoms with Gasteiger partial charge in [-0.1, -0.05) is 57.1 Å². The Labute approximate surface area is 180 Å². The molecule has 4 rings (SSSR count). The Balaban J connectivity index is 2.06. The molecule has 3 nitrogen and oxygen atoms in total. The fraction of sp³-hybridized carbons (Fsp3) is 0.160. The van der Waals surface area contributed by atoms with Crippen molar-refractivity contribution < 1.29 is 4.39 Å². The first-order valence-corrected chi connectivity index (χ1v) is 10.5. The van der Waals surface area contributed by atoms with Gasteiger partial charge in [0, 0.05) is 45.9 Å². The number of aryl methyl sites for hydroxylation is 1. The molecule has 0 saturated heterocycles. The van der Waals surface area contributed by atoms with Crippen LogP contribution in [-0.2, 0) is 6.42 Å². The van der Waals surface area contributed by atoms with E-state index >= 15 is 0 Å². The lowest BCUT2D eigenvalue weighted by atomic mass is 9.96. The van der Waals surface area contributed by atoms with Gasteiger partial charge in [-0.25, -0.2) is 9.37 Å². The normalized spacial score (nSPS) is 13.9. The predicted molar refractivity (Wildman–Crippen MR) is 126 cm³/mol. The molecule has 0 fully saturated rings. The lowest BCUT2D eigenvalue weighted by molar-refractivity contribution is 0.564. The van der Waals surface area contributed by atoms with Crippen LogP contribution in [0, 0.1) is 5.82 Å². The molecule has 0 saturated carbocycles. The van der Waals surface area contributed by atoms with E-state index in [0.717, 1.165) is 61.1 Å². The Hall–Kier alpha value is -3.05. The average molecular weight is 418 g/mol. The average Bonchev–Trinajstić information content (AvgIpc) is 2.74. The van der Waals surface area contributed by atoms with Crippen LogP contribution in [0.5, 0.6) is 0 Å². The lowest BCUT2D eigenvalue weighted by Crippen LogP contribution is -2.35. The largest absolute Gasteiger partial charge is 0.331 e. The fourth-order valence-electron chi connectivity index (χ4n) is 3.89. The molecule has 1 aliphatic heterocycles. The van der Waals surface area contributed by atoms with Crippen LogP contribution in [0.4, 0.5) is 10.2 Å². The number of hydrogen-bond acceptors (Lipinski definition) is 4. The third-order valence-electron chi connectivity index (χ3n) is 5.66. The second-order valence-electron chi connectivity index (χ2n) is 7.39. The quantitative estimate of drug-likeness (QED) is 0.613. The third kappa shape index (κ3) is 2.92. The number of hydrogen-bond donors (Lipinski definition) is 0. The van der Waals surface area contributed by atoms with E-state index in [1.807, 2.05) is 36.0 Å². The lowest BCUT2D eigenvalue weighted by Gasteiger charge is -2.38. The zero-order valence-electron chi connectivity index (χ0n) is 17.6. The van der Waals surface area contributed by atoms with Crippen molar-refractivity contribution in [2.45, 2.75) is 23.1 Å². The molecular weight excluding hydrogens is 393 g/mol. The van der Waals surface area contributed by atoms with Crippen LogP contribution in [0.3, 0.4) is 0 Å². The van der Waals surface area contributed by atoms with Gasteiger partial charge in [-0.15, -0.1) is 0 Å². The maximum Gasteiger partial charge on any atom is 0.144 e. The van der Waals surface area contributed by atoms with Crippen LogP contribution in [-0.4, -0.2) is 24.0 Å². The Morgan fingerprint density at radius 1 is 1.00 bits per heavy atom. The summed E-state index contributed by atoms with van der Waals surface area (Å²) in [5.74, 6) is 1.39. The van der Waals surface area contributed by atoms with Gasteiger partial charge in [-0.2, -0.15) is 0 Å². The van der Waals surface area contributed by atoms with Crippen molar-refractivity contribution >= 4 is 47.2 Å². The summed E-state index contributed by atoms with van der Waals surface area (Å²) >= 11 is 1.37. The van der Waals surface area contributed by atoms with E-state index in [9.17, 15) is 4.39 Å². The van der Waals surface area contributed by atoms with Gasteiger partial charge in [0.25, 0.3) is 0 Å². The minimum absolute atomic E-state index is 0.248. The van der Waals surface area contributed by atoms with Crippen LogP contribution in [0.2, 0.25) is 0 Å². The Morgan fingerprint density at radius 3 is 2.37 bits per heavy atom. The first-order chi connectivity index (χ1) is 14.3. The zero-order chi connectivity index (χ0) is 21.7. The van der Waals surface area contributed by atoms with Crippen LogP contribution in [0.15, 0.2) is 59.1 Å². The number of fused-ring (bicyclic) bond motifs is 3. The third-order valence-corrected chi connectivity index (χ3v) is 6.79. The Kier molecular flexibility index (Phi) is 4.94. The molecule has 0 atom stereocenters. The molecule has 0 radical (unpaired) electrons. The molecule has 0 unspecified atom stereocenters. The van der Waals surface area contributed by atoms with Gasteiger partial charge in [0.15, 0.2) is 0 Å². The van der Waals surface area contributed by atoms with Crippen molar-refractivity contribution in [2.75, 3.05) is 19.0 Å². The van der Waals surface area contributed by atoms with Crippen molar-refractivity contribution in [1.82, 2.24) is 9.88 Å². The van der Waals surface area contributed by atoms with E-state index < -0.39 is 0 Å². The summed E-state index contributed by atoms with van der Waals surface area (Å²) in [4.78, 5) is 10.3. The molecule has 152 valence electrons. The van der Waals surface area contributed by atoms with Gasteiger partial charge >= 0.3 is 0 Å². The molecule has 3 aromatic rings. The van der Waals surface area contributed by atoms with E-state index in [0.29, 0.717) is 4.90 Å². The molecule has 0 spiro atoms. The molecule has 1 aromatic heterocycles. The monoisotopic (exact) mass is 417 g/mol. The highest BCUT2D eigenvalue weighted by Gasteiger charge is 2.29. The Bertz CT molecular complexity index is 1330. The van der Waals surface area contributed by atoms with Crippen LogP contribution >= 0.6 is 11.8 Å². The van der Waals surface area contributed by atoms with E-state index in [-0.39, 0.29) is 5.82 Å². The summed E-state index contributed by atoms with van der Waals surface area (Å²) in [6.45, 7) is 19.2. The second-order valence-corrected chi connectivity index (χ2v) is 8.47. The smallest absolute Gasteiger partial charge is 0.144 e. The summed E-state index contributed by atoms with van der Waals surface area (Å²) in [5, 5.41) is 3.65. The van der Waals surface area contributed by atoms with Gasteiger partial charge in [0.2, 0.25) is 0 Å². The minimum atomic E-state index is -0.248. The van der Waals surface area contributed by atoms with E-state index in [4.69, 9.17) is 4.98 Å². The molecule has 0 bridgehead atoms. The highest BCUT2D eigenvalue weighted by Crippen LogP contribution is 2.39. The summed E-state index contributed by atoms with van der Waals surface area (Å²) in [6, 6.07) is 8.75. The molecule has 30 heavy (non-hydrogen) atoms. The first-order valence-electron chi connectivity index (χ1n) is 9.71. The number of nitrogens with zero attached hydrogens (tertiary/aromatic N) is 3. The predicted octanol–water partition coefficient (Wildman–Crippen LogP) is 4.73. The van der Waals surface area contributed by atoms with E-state index in [1.165, 1.54) is 17.8 Å². The van der Waals surface area contributed by atoms with E-state index in [2.05, 4.69) is 33.2 Å². The molecule has 2 aromatic carbocycles. The van der Waals surface area contributed by atoms with Gasteiger partial charge in [-0.3, -0.25) is 0 Å². The number of anilines is 1. The molecule has 1 aliphatic rings. The number of aromatic nitrogens is 1. The number of benzene rings is 2. The van der Waals surface area contributed by atoms with Gasteiger partial charge < -0.3 is 9.80 Å². The summed E-state index contributed by atoms with van der Waals surface area (Å²) in [5.41, 5.74) is 2.70. The maximum atomic E-state index is 14.3. The van der Waals surface area contributed by atoms with E-state index in [1.54, 1.807) is 12.1 Å². The van der Waals surface area contributed by atoms with Crippen LogP contribution in [0.1, 0.15) is 18.2 Å². The fourth-order valence-corrected chi connectivity index (χ4v) is 4.86. The van der Waals surface area contributed by atoms with Crippen molar-refractivity contribution in [3.63, 3.8) is 0 Å². The molecule has 0 aliphatic carbocycles. The second kappa shape index (κ2) is 7.33. The molecule has 2 heterocycles. The number of pyridine rings is 1. The SMILES string of the molecule is C=C1c2c(nc(CC)c3c(=C)c(Sc4ccccc4F)cc(=C)c23)N(C)C(=C)N1C. The van der Waals surface area contributed by atoms with Crippen LogP contribution in [0.25, 0.3) is 29.6 Å². The van der Waals surface area contributed by atoms with Crippen molar-refractivity contribution in [1.29, 1.82) is 0 Å². The zero-order valence-corrected chi connectivity index (χ0v) is 18.4. The Morgan fingerprint density at radius 2 is 1.70 bits per heavy atom. The number of halogens is 1. The highest BCUT2D eigenvalue weighted by molar-refractivity contribution is 7.99. The summed E-state index contributed by atoms with van der Waals surface area (Å²) < 4.78 is 14.3. The van der Waals surface area contributed by atoms with Crippen LogP contribution < -0.4 is 15.3 Å². The minimum Gasteiger partial charge on any atom is -0.331 e. The van der Waals surface area contributed by atoms with Crippen molar-refractivity contribution in [2.24, 2.45) is 0 Å².